The van der Waals surface area contributed by atoms with Gasteiger partial charge < -0.3 is 15.1 Å². The molecule has 0 saturated carbocycles. The van der Waals surface area contributed by atoms with E-state index in [4.69, 9.17) is 6.57 Å². The second-order valence-corrected chi connectivity index (χ2v) is 12.5. The summed E-state index contributed by atoms with van der Waals surface area (Å²) < 4.78 is 1.68. The van der Waals surface area contributed by atoms with Crippen molar-refractivity contribution in [2.45, 2.75) is 56.7 Å². The minimum atomic E-state index is -0.874. The first kappa shape index (κ1) is 31.8. The summed E-state index contributed by atoms with van der Waals surface area (Å²) in [6, 6.07) is 11.5. The Hall–Kier alpha value is -4.63. The molecule has 12 heteroatoms. The summed E-state index contributed by atoms with van der Waals surface area (Å²) in [4.78, 5) is 47.6. The summed E-state index contributed by atoms with van der Waals surface area (Å²) in [6.07, 6.45) is 2.93. The maximum Gasteiger partial charge on any atom is 0.300 e. The third kappa shape index (κ3) is 5.92. The number of hydrogen-bond donors (Lipinski definition) is 1. The zero-order valence-corrected chi connectivity index (χ0v) is 26.9. The van der Waals surface area contributed by atoms with Crippen LogP contribution >= 0.6 is 0 Å². The van der Waals surface area contributed by atoms with E-state index in [1.807, 2.05) is 50.4 Å². The van der Waals surface area contributed by atoms with Crippen LogP contribution in [0, 0.1) is 6.57 Å². The summed E-state index contributed by atoms with van der Waals surface area (Å²) in [6.45, 7) is 10.2. The highest BCUT2D eigenvalue weighted by molar-refractivity contribution is 5.95. The standard InChI is InChI=1S/C33H41N9O3/c1-21(35-20-29(43)42-16-8-9-28(42)34-2)19-33(32-36-37-38-41(32)7)26-14-12-24(30(44)39(3)4)17-22(26)10-11-23-18-25(13-15-27(23)33)31(45)40(5)6/h12-15,17-18,21,28,35H,8-11,16,19-20H2,1,3-7H3/t21-,28-/m0/s1. The molecule has 1 N–H and O–H groups in total. The number of carbonyl (C=O) groups excluding carboxylic acids is 3. The van der Waals surface area contributed by atoms with Gasteiger partial charge in [-0.15, -0.1) is 5.10 Å². The van der Waals surface area contributed by atoms with Gasteiger partial charge >= 0.3 is 6.17 Å². The highest BCUT2D eigenvalue weighted by atomic mass is 16.2. The van der Waals surface area contributed by atoms with E-state index in [1.54, 1.807) is 47.6 Å². The predicted octanol–water partition coefficient (Wildman–Crippen LogP) is 2.28. The van der Waals surface area contributed by atoms with E-state index in [0.717, 1.165) is 28.7 Å². The normalized spacial score (nSPS) is 17.4. The first-order chi connectivity index (χ1) is 21.5. The molecule has 2 aliphatic rings. The monoisotopic (exact) mass is 611 g/mol. The van der Waals surface area contributed by atoms with Crippen LogP contribution in [0.25, 0.3) is 4.85 Å². The Balaban J connectivity index is 1.64. The van der Waals surface area contributed by atoms with Crippen molar-refractivity contribution < 1.29 is 14.4 Å². The molecule has 1 saturated heterocycles. The van der Waals surface area contributed by atoms with Crippen molar-refractivity contribution in [3.63, 3.8) is 0 Å². The maximum absolute atomic E-state index is 13.2. The van der Waals surface area contributed by atoms with E-state index in [2.05, 4.69) is 25.7 Å². The molecule has 2 aromatic carbocycles. The van der Waals surface area contributed by atoms with Crippen LogP contribution in [0.15, 0.2) is 36.4 Å². The largest absolute Gasteiger partial charge is 0.345 e. The lowest BCUT2D eigenvalue weighted by Crippen LogP contribution is -2.45. The van der Waals surface area contributed by atoms with Crippen LogP contribution in [0.3, 0.4) is 0 Å². The maximum atomic E-state index is 13.2. The summed E-state index contributed by atoms with van der Waals surface area (Å²) in [5, 5.41) is 16.3. The summed E-state index contributed by atoms with van der Waals surface area (Å²) in [5.74, 6) is 0.364. The van der Waals surface area contributed by atoms with E-state index in [0.29, 0.717) is 49.2 Å². The van der Waals surface area contributed by atoms with Crippen molar-refractivity contribution in [2.24, 2.45) is 7.05 Å². The highest BCUT2D eigenvalue weighted by Crippen LogP contribution is 2.47. The Labute approximate surface area is 264 Å². The van der Waals surface area contributed by atoms with Crippen LogP contribution < -0.4 is 5.32 Å². The highest BCUT2D eigenvalue weighted by Gasteiger charge is 2.46. The second-order valence-electron chi connectivity index (χ2n) is 12.5. The Bertz CT molecular complexity index is 1580. The number of benzene rings is 2. The molecular formula is C33H41N9O3. The number of rotatable bonds is 8. The fourth-order valence-electron chi connectivity index (χ4n) is 6.84. The molecule has 0 radical (unpaired) electrons. The number of tetrazole rings is 1. The average molecular weight is 612 g/mol. The minimum Gasteiger partial charge on any atom is -0.345 e. The smallest absolute Gasteiger partial charge is 0.300 e. The van der Waals surface area contributed by atoms with E-state index in [9.17, 15) is 14.4 Å². The first-order valence-corrected chi connectivity index (χ1v) is 15.3. The topological polar surface area (TPSA) is 121 Å². The molecule has 2 heterocycles. The van der Waals surface area contributed by atoms with Crippen molar-refractivity contribution in [1.82, 2.24) is 40.2 Å². The average Bonchev–Trinajstić information content (AvgIpc) is 3.67. The summed E-state index contributed by atoms with van der Waals surface area (Å²) >= 11 is 0. The van der Waals surface area contributed by atoms with Gasteiger partial charge in [0, 0.05) is 65.4 Å². The van der Waals surface area contributed by atoms with Crippen molar-refractivity contribution >= 4 is 17.7 Å². The number of aromatic nitrogens is 4. The lowest BCUT2D eigenvalue weighted by molar-refractivity contribution is -0.130. The third-order valence-corrected chi connectivity index (χ3v) is 9.01. The van der Waals surface area contributed by atoms with Crippen molar-refractivity contribution in [3.8, 4) is 0 Å². The second kappa shape index (κ2) is 12.8. The van der Waals surface area contributed by atoms with E-state index >= 15 is 0 Å². The van der Waals surface area contributed by atoms with Gasteiger partial charge in [0.1, 0.15) is 0 Å². The molecule has 3 aromatic rings. The van der Waals surface area contributed by atoms with Crippen LogP contribution in [0.4, 0.5) is 0 Å². The van der Waals surface area contributed by atoms with Gasteiger partial charge in [-0.05, 0) is 89.6 Å². The van der Waals surface area contributed by atoms with Gasteiger partial charge in [0.15, 0.2) is 5.82 Å². The number of nitrogens with zero attached hydrogens (tertiary/aromatic N) is 8. The molecule has 0 unspecified atom stereocenters. The fraction of sp³-hybridized carbons (Fsp3) is 0.485. The molecule has 0 spiro atoms. The lowest BCUT2D eigenvalue weighted by atomic mass is 9.67. The molecule has 3 amide bonds. The Morgan fingerprint density at radius 2 is 1.60 bits per heavy atom. The molecule has 5 rings (SSSR count). The van der Waals surface area contributed by atoms with Gasteiger partial charge in [-0.3, -0.25) is 24.1 Å². The molecule has 1 aliphatic carbocycles. The van der Waals surface area contributed by atoms with Gasteiger partial charge in [-0.2, -0.15) is 0 Å². The van der Waals surface area contributed by atoms with Gasteiger partial charge in [0.2, 0.25) is 5.91 Å². The number of hydrogen-bond acceptors (Lipinski definition) is 7. The van der Waals surface area contributed by atoms with E-state index in [1.165, 1.54) is 0 Å². The van der Waals surface area contributed by atoms with Gasteiger partial charge in [0.05, 0.1) is 12.0 Å². The first-order valence-electron chi connectivity index (χ1n) is 15.3. The summed E-state index contributed by atoms with van der Waals surface area (Å²) in [7, 11) is 8.76. The molecule has 45 heavy (non-hydrogen) atoms. The third-order valence-electron chi connectivity index (χ3n) is 9.01. The fourth-order valence-corrected chi connectivity index (χ4v) is 6.84. The zero-order chi connectivity index (χ0) is 32.5. The van der Waals surface area contributed by atoms with Gasteiger partial charge in [0.25, 0.3) is 11.8 Å². The van der Waals surface area contributed by atoms with Crippen molar-refractivity contribution in [3.05, 3.63) is 87.0 Å². The van der Waals surface area contributed by atoms with Crippen LogP contribution in [0.5, 0.6) is 0 Å². The Morgan fingerprint density at radius 1 is 1.02 bits per heavy atom. The van der Waals surface area contributed by atoms with Crippen molar-refractivity contribution in [1.29, 1.82) is 0 Å². The van der Waals surface area contributed by atoms with E-state index in [-0.39, 0.29) is 30.3 Å². The summed E-state index contributed by atoms with van der Waals surface area (Å²) in [5.41, 5.74) is 4.28. The molecule has 12 nitrogen and oxygen atoms in total. The zero-order valence-electron chi connectivity index (χ0n) is 26.9. The lowest BCUT2D eigenvalue weighted by Gasteiger charge is -2.37. The number of nitrogens with one attached hydrogen (secondary N) is 1. The van der Waals surface area contributed by atoms with E-state index < -0.39 is 11.6 Å². The molecular weight excluding hydrogens is 570 g/mol. The molecule has 2 atom stereocenters. The molecule has 1 fully saturated rings. The number of likely N-dealkylation sites (tertiary alicyclic amines) is 1. The quantitative estimate of drug-likeness (QED) is 0.388. The van der Waals surface area contributed by atoms with Crippen LogP contribution in [-0.4, -0.2) is 106 Å². The van der Waals surface area contributed by atoms with Crippen LogP contribution in [-0.2, 0) is 30.1 Å². The van der Waals surface area contributed by atoms with Gasteiger partial charge in [-0.1, -0.05) is 12.1 Å². The molecule has 1 aliphatic heterocycles. The van der Waals surface area contributed by atoms with Crippen LogP contribution in [0.1, 0.15) is 75.0 Å². The molecule has 1 aromatic heterocycles. The molecule has 236 valence electrons. The van der Waals surface area contributed by atoms with Crippen molar-refractivity contribution in [2.75, 3.05) is 41.3 Å². The Kier molecular flexibility index (Phi) is 9.02. The predicted molar refractivity (Wildman–Crippen MR) is 168 cm³/mol. The Morgan fingerprint density at radius 3 is 2.09 bits per heavy atom. The minimum absolute atomic E-state index is 0.0856. The SMILES string of the molecule is [C-]#[N+][C@@H]1CCCN1C(=O)CN[C@@H](C)CC1(c2nnnn2C)c2ccc(C(=O)N(C)C)cc2CCc2cc(C(=O)N(C)C)ccc21. The van der Waals surface area contributed by atoms with Gasteiger partial charge in [-0.25, -0.2) is 11.3 Å². The number of carbonyl (C=O) groups is 3. The number of aryl methyl sites for hydroxylation is 3. The molecule has 0 bridgehead atoms. The number of fused-ring (bicyclic) bond motifs is 2. The van der Waals surface area contributed by atoms with Crippen LogP contribution in [0.2, 0.25) is 0 Å². The number of amides is 3.